The second-order valence-corrected chi connectivity index (χ2v) is 8.01. The summed E-state index contributed by atoms with van der Waals surface area (Å²) in [5.41, 5.74) is 2.92. The van der Waals surface area contributed by atoms with Crippen LogP contribution in [0.3, 0.4) is 0 Å². The Morgan fingerprint density at radius 3 is 1.76 bits per heavy atom. The summed E-state index contributed by atoms with van der Waals surface area (Å²) < 4.78 is 12.6. The quantitative estimate of drug-likeness (QED) is 0.340. The summed E-state index contributed by atoms with van der Waals surface area (Å²) in [6.45, 7) is 0. The van der Waals surface area contributed by atoms with Crippen molar-refractivity contribution < 1.29 is 19.1 Å². The molecule has 0 radical (unpaired) electrons. The van der Waals surface area contributed by atoms with Crippen molar-refractivity contribution in [3.63, 3.8) is 0 Å². The molecule has 0 N–H and O–H groups in total. The van der Waals surface area contributed by atoms with Crippen molar-refractivity contribution in [2.24, 2.45) is 0 Å². The molecule has 0 bridgehead atoms. The molecule has 34 heavy (non-hydrogen) atoms. The second kappa shape index (κ2) is 9.20. The van der Waals surface area contributed by atoms with Gasteiger partial charge in [-0.1, -0.05) is 109 Å². The molecule has 5 rings (SSSR count). The first-order chi connectivity index (χ1) is 16.7. The van der Waals surface area contributed by atoms with Gasteiger partial charge in [0.15, 0.2) is 5.78 Å². The fourth-order valence-corrected chi connectivity index (χ4v) is 4.12. The molecule has 0 saturated carbocycles. The summed E-state index contributed by atoms with van der Waals surface area (Å²) in [6, 6.07) is 36.7. The van der Waals surface area contributed by atoms with E-state index >= 15 is 0 Å². The van der Waals surface area contributed by atoms with Crippen LogP contribution in [-0.4, -0.2) is 11.8 Å². The summed E-state index contributed by atoms with van der Waals surface area (Å²) in [6.07, 6.45) is -0.143. The first kappa shape index (κ1) is 21.4. The molecule has 4 nitrogen and oxygen atoms in total. The molecule has 4 aromatic rings. The Morgan fingerprint density at radius 1 is 0.676 bits per heavy atom. The van der Waals surface area contributed by atoms with Crippen LogP contribution in [0.15, 0.2) is 121 Å². The average molecular weight is 447 g/mol. The standard InChI is InChI=1S/C30H22O4/c31-26-21-30(25-19-11-4-12-20-25,34-29(32)24-17-9-3-10-18-24)33-28(23-15-7-2-8-16-23)27(26)22-13-5-1-6-14-22/h1-20H,21H2. The summed E-state index contributed by atoms with van der Waals surface area (Å²) >= 11 is 0. The van der Waals surface area contributed by atoms with Crippen molar-refractivity contribution in [1.82, 2.24) is 0 Å². The van der Waals surface area contributed by atoms with Crippen LogP contribution in [0, 0.1) is 0 Å². The van der Waals surface area contributed by atoms with Gasteiger partial charge in [-0.15, -0.1) is 0 Å². The lowest BCUT2D eigenvalue weighted by molar-refractivity contribution is -0.180. The van der Waals surface area contributed by atoms with Crippen molar-refractivity contribution in [3.8, 4) is 0 Å². The van der Waals surface area contributed by atoms with Gasteiger partial charge in [0.05, 0.1) is 17.6 Å². The number of esters is 1. The molecule has 1 unspecified atom stereocenters. The monoisotopic (exact) mass is 446 g/mol. The minimum absolute atomic E-state index is 0.143. The average Bonchev–Trinajstić information content (AvgIpc) is 2.90. The minimum atomic E-state index is -1.60. The number of ketones is 1. The summed E-state index contributed by atoms with van der Waals surface area (Å²) in [7, 11) is 0. The van der Waals surface area contributed by atoms with E-state index in [0.29, 0.717) is 22.5 Å². The van der Waals surface area contributed by atoms with Crippen LogP contribution in [0.25, 0.3) is 11.3 Å². The topological polar surface area (TPSA) is 52.6 Å². The molecule has 166 valence electrons. The molecule has 1 heterocycles. The van der Waals surface area contributed by atoms with E-state index < -0.39 is 11.8 Å². The number of carbonyl (C=O) groups is 2. The van der Waals surface area contributed by atoms with E-state index in [4.69, 9.17) is 9.47 Å². The van der Waals surface area contributed by atoms with Crippen LogP contribution in [0.1, 0.15) is 33.5 Å². The lowest BCUT2D eigenvalue weighted by atomic mass is 9.88. The summed E-state index contributed by atoms with van der Waals surface area (Å²) in [5.74, 6) is -1.95. The molecular weight excluding hydrogens is 424 g/mol. The Balaban J connectivity index is 1.67. The van der Waals surface area contributed by atoms with Crippen LogP contribution < -0.4 is 0 Å². The Kier molecular flexibility index (Phi) is 5.79. The predicted molar refractivity (Wildman–Crippen MR) is 130 cm³/mol. The number of hydrogen-bond acceptors (Lipinski definition) is 4. The van der Waals surface area contributed by atoms with E-state index in [1.54, 1.807) is 24.3 Å². The van der Waals surface area contributed by atoms with E-state index in [2.05, 4.69) is 0 Å². The van der Waals surface area contributed by atoms with Gasteiger partial charge in [0, 0.05) is 11.1 Å². The molecule has 0 spiro atoms. The van der Waals surface area contributed by atoms with Gasteiger partial charge in [-0.2, -0.15) is 0 Å². The third kappa shape index (κ3) is 4.14. The van der Waals surface area contributed by atoms with Crippen LogP contribution in [0.2, 0.25) is 0 Å². The molecule has 0 saturated heterocycles. The molecule has 0 aromatic heterocycles. The first-order valence-electron chi connectivity index (χ1n) is 11.1. The van der Waals surface area contributed by atoms with Gasteiger partial charge in [0.1, 0.15) is 5.76 Å². The fourth-order valence-electron chi connectivity index (χ4n) is 4.12. The van der Waals surface area contributed by atoms with Crippen molar-refractivity contribution in [2.45, 2.75) is 12.2 Å². The van der Waals surface area contributed by atoms with Gasteiger partial charge in [0.25, 0.3) is 5.79 Å². The number of allylic oxidation sites excluding steroid dienone is 1. The third-order valence-corrected chi connectivity index (χ3v) is 5.75. The maximum atomic E-state index is 13.8. The van der Waals surface area contributed by atoms with Crippen molar-refractivity contribution >= 4 is 23.1 Å². The molecule has 0 fully saturated rings. The molecule has 4 aromatic carbocycles. The largest absolute Gasteiger partial charge is 0.446 e. The Labute approximate surface area is 198 Å². The Morgan fingerprint density at radius 2 is 1.18 bits per heavy atom. The Bertz CT molecular complexity index is 1330. The predicted octanol–water partition coefficient (Wildman–Crippen LogP) is 6.25. The van der Waals surface area contributed by atoms with Gasteiger partial charge in [-0.25, -0.2) is 4.79 Å². The summed E-state index contributed by atoms with van der Waals surface area (Å²) in [4.78, 5) is 26.9. The first-order valence-corrected chi connectivity index (χ1v) is 11.1. The van der Waals surface area contributed by atoms with Gasteiger partial charge < -0.3 is 9.47 Å². The highest BCUT2D eigenvalue weighted by molar-refractivity contribution is 6.28. The summed E-state index contributed by atoms with van der Waals surface area (Å²) in [5, 5.41) is 0. The Hall–Kier alpha value is -4.44. The van der Waals surface area contributed by atoms with E-state index in [1.807, 2.05) is 97.1 Å². The van der Waals surface area contributed by atoms with Gasteiger partial charge in [0.2, 0.25) is 0 Å². The van der Waals surface area contributed by atoms with E-state index in [-0.39, 0.29) is 12.2 Å². The lowest BCUT2D eigenvalue weighted by Crippen LogP contribution is -2.40. The van der Waals surface area contributed by atoms with Crippen molar-refractivity contribution in [3.05, 3.63) is 144 Å². The maximum absolute atomic E-state index is 13.8. The minimum Gasteiger partial charge on any atom is -0.446 e. The molecule has 0 aliphatic carbocycles. The maximum Gasteiger partial charge on any atom is 0.341 e. The van der Waals surface area contributed by atoms with E-state index in [1.165, 1.54) is 0 Å². The molecular formula is C30H22O4. The van der Waals surface area contributed by atoms with Crippen LogP contribution >= 0.6 is 0 Å². The number of benzene rings is 4. The highest BCUT2D eigenvalue weighted by Crippen LogP contribution is 2.45. The molecule has 1 atom stereocenters. The van der Waals surface area contributed by atoms with Gasteiger partial charge in [-0.05, 0) is 17.7 Å². The van der Waals surface area contributed by atoms with E-state index in [9.17, 15) is 9.59 Å². The molecule has 1 aliphatic rings. The number of rotatable bonds is 5. The molecule has 1 aliphatic heterocycles. The highest BCUT2D eigenvalue weighted by Gasteiger charge is 2.47. The van der Waals surface area contributed by atoms with Gasteiger partial charge >= 0.3 is 5.97 Å². The number of Topliss-reactive ketones (excluding diaryl/α,β-unsaturated/α-hetero) is 1. The fraction of sp³-hybridized carbons (Fsp3) is 0.0667. The third-order valence-electron chi connectivity index (χ3n) is 5.75. The van der Waals surface area contributed by atoms with Crippen molar-refractivity contribution in [1.29, 1.82) is 0 Å². The number of carbonyl (C=O) groups excluding carboxylic acids is 2. The smallest absolute Gasteiger partial charge is 0.341 e. The van der Waals surface area contributed by atoms with E-state index in [0.717, 1.165) is 11.1 Å². The number of hydrogen-bond donors (Lipinski definition) is 0. The molecule has 0 amide bonds. The zero-order valence-corrected chi connectivity index (χ0v) is 18.4. The van der Waals surface area contributed by atoms with Crippen LogP contribution in [-0.2, 0) is 20.1 Å². The SMILES string of the molecule is O=C1CC(OC(=O)c2ccccc2)(c2ccccc2)OC(c2ccccc2)=C1c1ccccc1. The zero-order chi connectivity index (χ0) is 23.4. The lowest BCUT2D eigenvalue weighted by Gasteiger charge is -2.38. The van der Waals surface area contributed by atoms with Gasteiger partial charge in [-0.3, -0.25) is 4.79 Å². The second-order valence-electron chi connectivity index (χ2n) is 8.01. The van der Waals surface area contributed by atoms with Crippen molar-refractivity contribution in [2.75, 3.05) is 0 Å². The number of ether oxygens (including phenoxy) is 2. The normalized spacial score (nSPS) is 17.7. The van der Waals surface area contributed by atoms with Crippen LogP contribution in [0.4, 0.5) is 0 Å². The van der Waals surface area contributed by atoms with Crippen LogP contribution in [0.5, 0.6) is 0 Å². The zero-order valence-electron chi connectivity index (χ0n) is 18.4. The molecule has 4 heteroatoms. The highest BCUT2D eigenvalue weighted by atomic mass is 16.7.